The van der Waals surface area contributed by atoms with Crippen molar-refractivity contribution in [1.29, 1.82) is 0 Å². The van der Waals surface area contributed by atoms with Crippen LogP contribution in [-0.4, -0.2) is 9.55 Å². The van der Waals surface area contributed by atoms with E-state index in [0.29, 0.717) is 0 Å². The first-order chi connectivity index (χ1) is 6.22. The Morgan fingerprint density at radius 1 is 1.46 bits per heavy atom. The standard InChI is InChI=1S/C10H11BrN2/c1-7-12-9-4-3-8(6-11)5-10(9)13(7)2/h3-5H,6H2,1-2H3. The minimum Gasteiger partial charge on any atom is -0.331 e. The third-order valence-corrected chi connectivity index (χ3v) is 2.97. The fourth-order valence-corrected chi connectivity index (χ4v) is 1.79. The van der Waals surface area contributed by atoms with Gasteiger partial charge >= 0.3 is 0 Å². The number of benzene rings is 1. The minimum absolute atomic E-state index is 0.896. The molecule has 0 aliphatic rings. The summed E-state index contributed by atoms with van der Waals surface area (Å²) in [7, 11) is 2.04. The van der Waals surface area contributed by atoms with Crippen molar-refractivity contribution in [1.82, 2.24) is 9.55 Å². The molecule has 13 heavy (non-hydrogen) atoms. The Hall–Kier alpha value is -0.830. The van der Waals surface area contributed by atoms with E-state index in [2.05, 4.69) is 43.7 Å². The van der Waals surface area contributed by atoms with Gasteiger partial charge in [0.25, 0.3) is 0 Å². The highest BCUT2D eigenvalue weighted by molar-refractivity contribution is 9.08. The van der Waals surface area contributed by atoms with Crippen LogP contribution in [-0.2, 0) is 12.4 Å². The quantitative estimate of drug-likeness (QED) is 0.699. The monoisotopic (exact) mass is 238 g/mol. The molecule has 1 aromatic carbocycles. The summed E-state index contributed by atoms with van der Waals surface area (Å²) >= 11 is 3.44. The molecule has 0 radical (unpaired) electrons. The van der Waals surface area contributed by atoms with Crippen LogP contribution in [0.25, 0.3) is 11.0 Å². The van der Waals surface area contributed by atoms with Crippen LogP contribution in [0.3, 0.4) is 0 Å². The highest BCUT2D eigenvalue weighted by Crippen LogP contribution is 2.17. The SMILES string of the molecule is Cc1nc2ccc(CBr)cc2n1C. The van der Waals surface area contributed by atoms with E-state index in [1.165, 1.54) is 11.1 Å². The second kappa shape index (κ2) is 3.14. The summed E-state index contributed by atoms with van der Waals surface area (Å²) in [5, 5.41) is 0.896. The van der Waals surface area contributed by atoms with Gasteiger partial charge in [-0.15, -0.1) is 0 Å². The largest absolute Gasteiger partial charge is 0.331 e. The molecule has 0 spiro atoms. The van der Waals surface area contributed by atoms with Gasteiger partial charge in [-0.25, -0.2) is 4.98 Å². The van der Waals surface area contributed by atoms with Gasteiger partial charge in [-0.05, 0) is 24.6 Å². The number of imidazole rings is 1. The topological polar surface area (TPSA) is 17.8 Å². The van der Waals surface area contributed by atoms with E-state index in [1.807, 2.05) is 14.0 Å². The number of hydrogen-bond acceptors (Lipinski definition) is 1. The van der Waals surface area contributed by atoms with E-state index < -0.39 is 0 Å². The van der Waals surface area contributed by atoms with Gasteiger partial charge in [-0.1, -0.05) is 22.0 Å². The second-order valence-corrected chi connectivity index (χ2v) is 3.74. The van der Waals surface area contributed by atoms with Gasteiger partial charge < -0.3 is 4.57 Å². The van der Waals surface area contributed by atoms with Gasteiger partial charge in [-0.3, -0.25) is 0 Å². The normalized spacial score (nSPS) is 11.0. The van der Waals surface area contributed by atoms with Crippen LogP contribution in [0.2, 0.25) is 0 Å². The van der Waals surface area contributed by atoms with E-state index >= 15 is 0 Å². The Bertz CT molecular complexity index is 445. The summed E-state index contributed by atoms with van der Waals surface area (Å²) in [6, 6.07) is 6.34. The van der Waals surface area contributed by atoms with E-state index in [4.69, 9.17) is 0 Å². The van der Waals surface area contributed by atoms with Crippen molar-refractivity contribution in [2.45, 2.75) is 12.3 Å². The predicted octanol–water partition coefficient (Wildman–Crippen LogP) is 2.78. The number of halogens is 1. The molecule has 0 N–H and O–H groups in total. The first-order valence-electron chi connectivity index (χ1n) is 4.20. The highest BCUT2D eigenvalue weighted by atomic mass is 79.9. The first-order valence-corrected chi connectivity index (χ1v) is 5.32. The molecule has 0 aliphatic carbocycles. The lowest BCUT2D eigenvalue weighted by molar-refractivity contribution is 0.885. The zero-order valence-electron chi connectivity index (χ0n) is 7.71. The van der Waals surface area contributed by atoms with Gasteiger partial charge in [-0.2, -0.15) is 0 Å². The fraction of sp³-hybridized carbons (Fsp3) is 0.300. The number of aromatic nitrogens is 2. The third kappa shape index (κ3) is 1.37. The lowest BCUT2D eigenvalue weighted by atomic mass is 10.2. The van der Waals surface area contributed by atoms with Crippen molar-refractivity contribution in [3.8, 4) is 0 Å². The average Bonchev–Trinajstić information content (AvgIpc) is 2.43. The summed E-state index contributed by atoms with van der Waals surface area (Å²) in [5.74, 6) is 1.06. The fourth-order valence-electron chi connectivity index (χ4n) is 1.44. The summed E-state index contributed by atoms with van der Waals surface area (Å²) in [4.78, 5) is 4.44. The molecule has 2 aromatic rings. The molecule has 0 unspecified atom stereocenters. The molecule has 0 saturated heterocycles. The smallest absolute Gasteiger partial charge is 0.106 e. The van der Waals surface area contributed by atoms with E-state index in [9.17, 15) is 0 Å². The van der Waals surface area contributed by atoms with Crippen LogP contribution in [0.1, 0.15) is 11.4 Å². The van der Waals surface area contributed by atoms with Gasteiger partial charge in [0.1, 0.15) is 5.82 Å². The van der Waals surface area contributed by atoms with Crippen molar-refractivity contribution in [2.75, 3.05) is 0 Å². The van der Waals surface area contributed by atoms with Crippen molar-refractivity contribution in [3.63, 3.8) is 0 Å². The number of alkyl halides is 1. The summed E-state index contributed by atoms with van der Waals surface area (Å²) in [6.45, 7) is 2.02. The Balaban J connectivity index is 2.75. The van der Waals surface area contributed by atoms with Gasteiger partial charge in [0.05, 0.1) is 11.0 Å². The Labute approximate surface area is 85.7 Å². The Kier molecular flexibility index (Phi) is 2.12. The molecule has 3 heteroatoms. The van der Waals surface area contributed by atoms with Crippen molar-refractivity contribution < 1.29 is 0 Å². The highest BCUT2D eigenvalue weighted by Gasteiger charge is 2.03. The van der Waals surface area contributed by atoms with Crippen LogP contribution in [0, 0.1) is 6.92 Å². The maximum atomic E-state index is 4.44. The molecule has 1 heterocycles. The maximum absolute atomic E-state index is 4.44. The molecule has 0 aliphatic heterocycles. The van der Waals surface area contributed by atoms with Crippen molar-refractivity contribution in [2.24, 2.45) is 7.05 Å². The number of nitrogens with zero attached hydrogens (tertiary/aromatic N) is 2. The first kappa shape index (κ1) is 8.75. The van der Waals surface area contributed by atoms with Crippen molar-refractivity contribution >= 4 is 27.0 Å². The lowest BCUT2D eigenvalue weighted by Crippen LogP contribution is -1.90. The van der Waals surface area contributed by atoms with Gasteiger partial charge in [0, 0.05) is 12.4 Å². The third-order valence-electron chi connectivity index (χ3n) is 2.32. The summed E-state index contributed by atoms with van der Waals surface area (Å²) in [6.07, 6.45) is 0. The summed E-state index contributed by atoms with van der Waals surface area (Å²) in [5.41, 5.74) is 3.56. The van der Waals surface area contributed by atoms with Crippen LogP contribution >= 0.6 is 15.9 Å². The number of aryl methyl sites for hydroxylation is 2. The minimum atomic E-state index is 0.896. The zero-order chi connectivity index (χ0) is 9.42. The molecule has 0 atom stereocenters. The molecule has 2 rings (SSSR count). The predicted molar refractivity (Wildman–Crippen MR) is 58.1 cm³/mol. The lowest BCUT2D eigenvalue weighted by Gasteiger charge is -1.98. The van der Waals surface area contributed by atoms with Crippen LogP contribution in [0.4, 0.5) is 0 Å². The van der Waals surface area contributed by atoms with E-state index in [-0.39, 0.29) is 0 Å². The Morgan fingerprint density at radius 2 is 2.23 bits per heavy atom. The van der Waals surface area contributed by atoms with Gasteiger partial charge in [0.15, 0.2) is 0 Å². The molecule has 1 aromatic heterocycles. The molecule has 0 fully saturated rings. The van der Waals surface area contributed by atoms with Gasteiger partial charge in [0.2, 0.25) is 0 Å². The van der Waals surface area contributed by atoms with E-state index in [0.717, 1.165) is 16.7 Å². The number of rotatable bonds is 1. The Morgan fingerprint density at radius 3 is 2.92 bits per heavy atom. The average molecular weight is 239 g/mol. The molecule has 0 bridgehead atoms. The van der Waals surface area contributed by atoms with E-state index in [1.54, 1.807) is 0 Å². The number of fused-ring (bicyclic) bond motifs is 1. The second-order valence-electron chi connectivity index (χ2n) is 3.17. The number of hydrogen-bond donors (Lipinski definition) is 0. The molecule has 68 valence electrons. The van der Waals surface area contributed by atoms with Crippen LogP contribution in [0.15, 0.2) is 18.2 Å². The van der Waals surface area contributed by atoms with Crippen molar-refractivity contribution in [3.05, 3.63) is 29.6 Å². The van der Waals surface area contributed by atoms with Crippen LogP contribution < -0.4 is 0 Å². The molecular formula is C10H11BrN2. The molecule has 2 nitrogen and oxygen atoms in total. The molecular weight excluding hydrogens is 228 g/mol. The molecule has 0 amide bonds. The molecule has 0 saturated carbocycles. The van der Waals surface area contributed by atoms with Crippen LogP contribution in [0.5, 0.6) is 0 Å². The summed E-state index contributed by atoms with van der Waals surface area (Å²) < 4.78 is 2.11. The maximum Gasteiger partial charge on any atom is 0.106 e. The zero-order valence-corrected chi connectivity index (χ0v) is 9.30.